The summed E-state index contributed by atoms with van der Waals surface area (Å²) in [4.78, 5) is 8.77. The molecule has 0 N–H and O–H groups in total. The number of benzene rings is 3. The van der Waals surface area contributed by atoms with Gasteiger partial charge in [-0.1, -0.05) is 67.5 Å². The Morgan fingerprint density at radius 1 is 0.722 bits per heavy atom. The van der Waals surface area contributed by atoms with Gasteiger partial charge in [0.2, 0.25) is 0 Å². The molecule has 0 bridgehead atoms. The standard InChI is InChI=1S/C20H18NSSi.C11H8N.Ir/c1-23(2,3)18-12-11-14(16-9-6-7-13-21-16)20-19(18)15-8-4-5-10-17(15)22-20;1-2-6-10(7-3-1)11-8-4-5-9-12-11;/h4-10,12-13H,1-3H3;1-6,8-9H;/q2*-1;. The number of aromatic nitrogens is 2. The Labute approximate surface area is 231 Å². The van der Waals surface area contributed by atoms with E-state index >= 15 is 0 Å². The van der Waals surface area contributed by atoms with Crippen LogP contribution >= 0.6 is 11.3 Å². The number of pyridine rings is 2. The van der Waals surface area contributed by atoms with Crippen LogP contribution in [-0.2, 0) is 20.1 Å². The van der Waals surface area contributed by atoms with Gasteiger partial charge in [-0.25, -0.2) is 0 Å². The first kappa shape index (κ1) is 26.1. The summed E-state index contributed by atoms with van der Waals surface area (Å²) in [6.07, 6.45) is 3.64. The molecule has 3 aromatic carbocycles. The number of rotatable bonds is 3. The molecule has 36 heavy (non-hydrogen) atoms. The van der Waals surface area contributed by atoms with E-state index in [1.807, 2.05) is 72.1 Å². The summed E-state index contributed by atoms with van der Waals surface area (Å²) in [6.45, 7) is 7.22. The van der Waals surface area contributed by atoms with Crippen molar-refractivity contribution in [2.24, 2.45) is 0 Å². The molecule has 0 spiro atoms. The van der Waals surface area contributed by atoms with Gasteiger partial charge in [-0.2, -0.15) is 11.3 Å². The predicted octanol–water partition coefficient (Wildman–Crippen LogP) is 8.01. The average molecular weight is 679 g/mol. The molecule has 0 unspecified atom stereocenters. The monoisotopic (exact) mass is 679 g/mol. The summed E-state index contributed by atoms with van der Waals surface area (Å²) in [6, 6.07) is 37.4. The van der Waals surface area contributed by atoms with Crippen LogP contribution in [-0.4, -0.2) is 18.0 Å². The molecule has 0 aliphatic rings. The number of hydrogen-bond donors (Lipinski definition) is 0. The van der Waals surface area contributed by atoms with Crippen LogP contribution in [0.25, 0.3) is 42.7 Å². The van der Waals surface area contributed by atoms with Crippen molar-refractivity contribution in [1.82, 2.24) is 9.97 Å². The Bertz CT molecular complexity index is 1520. The fraction of sp³-hybridized carbons (Fsp3) is 0.0968. The van der Waals surface area contributed by atoms with Crippen LogP contribution < -0.4 is 5.19 Å². The zero-order valence-electron chi connectivity index (χ0n) is 20.5. The molecule has 0 amide bonds. The van der Waals surface area contributed by atoms with Crippen molar-refractivity contribution >= 4 is 44.8 Å². The van der Waals surface area contributed by atoms with Crippen molar-refractivity contribution < 1.29 is 20.1 Å². The van der Waals surface area contributed by atoms with E-state index < -0.39 is 8.07 Å². The third kappa shape index (κ3) is 5.55. The van der Waals surface area contributed by atoms with E-state index in [0.717, 1.165) is 22.5 Å². The number of hydrogen-bond acceptors (Lipinski definition) is 3. The van der Waals surface area contributed by atoms with E-state index in [1.165, 1.54) is 25.4 Å². The summed E-state index contributed by atoms with van der Waals surface area (Å²) >= 11 is 1.86. The van der Waals surface area contributed by atoms with E-state index in [0.29, 0.717) is 0 Å². The summed E-state index contributed by atoms with van der Waals surface area (Å²) in [5.41, 5.74) is 4.14. The maximum Gasteiger partial charge on any atom is 0.0300 e. The fourth-order valence-corrected chi connectivity index (χ4v) is 6.98. The van der Waals surface area contributed by atoms with Crippen molar-refractivity contribution in [3.05, 3.63) is 116 Å². The molecule has 181 valence electrons. The summed E-state index contributed by atoms with van der Waals surface area (Å²) in [7, 11) is -1.45. The van der Waals surface area contributed by atoms with Crippen molar-refractivity contribution in [2.45, 2.75) is 19.6 Å². The molecule has 5 heteroatoms. The predicted molar refractivity (Wildman–Crippen MR) is 153 cm³/mol. The van der Waals surface area contributed by atoms with Crippen molar-refractivity contribution in [3.63, 3.8) is 0 Å². The van der Waals surface area contributed by atoms with Gasteiger partial charge in [0.05, 0.1) is 0 Å². The molecule has 0 aliphatic heterocycles. The number of nitrogens with zero attached hydrogens (tertiary/aromatic N) is 2. The average Bonchev–Trinajstić information content (AvgIpc) is 3.29. The van der Waals surface area contributed by atoms with Crippen LogP contribution in [0.15, 0.2) is 103 Å². The first-order chi connectivity index (χ1) is 17.0. The van der Waals surface area contributed by atoms with Crippen LogP contribution in [0, 0.1) is 12.1 Å². The van der Waals surface area contributed by atoms with Crippen LogP contribution in [0.3, 0.4) is 0 Å². The summed E-state index contributed by atoms with van der Waals surface area (Å²) < 4.78 is 2.67. The van der Waals surface area contributed by atoms with E-state index in [-0.39, 0.29) is 20.1 Å². The van der Waals surface area contributed by atoms with Crippen molar-refractivity contribution in [2.75, 3.05) is 0 Å². The molecule has 0 saturated carbocycles. The van der Waals surface area contributed by atoms with Gasteiger partial charge < -0.3 is 9.97 Å². The Morgan fingerprint density at radius 2 is 1.39 bits per heavy atom. The maximum absolute atomic E-state index is 4.55. The third-order valence-electron chi connectivity index (χ3n) is 5.83. The molecule has 0 atom stereocenters. The van der Waals surface area contributed by atoms with Crippen LogP contribution in [0.4, 0.5) is 0 Å². The maximum atomic E-state index is 4.55. The van der Waals surface area contributed by atoms with Gasteiger partial charge >= 0.3 is 0 Å². The summed E-state index contributed by atoms with van der Waals surface area (Å²) in [5.74, 6) is 0. The molecular formula is C31H26IrN2SSi-2. The SMILES string of the molecule is C[Si](C)(C)c1c[c-]c(-c2ccccn2)c2sc3ccccc3c12.[Ir].[c-]1ccccc1-c1ccccn1. The van der Waals surface area contributed by atoms with Gasteiger partial charge in [0, 0.05) is 45.3 Å². The second-order valence-electron chi connectivity index (χ2n) is 9.34. The zero-order valence-corrected chi connectivity index (χ0v) is 24.7. The molecule has 3 aromatic heterocycles. The second-order valence-corrected chi connectivity index (χ2v) is 15.4. The van der Waals surface area contributed by atoms with Crippen molar-refractivity contribution in [3.8, 4) is 22.5 Å². The third-order valence-corrected chi connectivity index (χ3v) is 9.03. The molecular weight excluding hydrogens is 653 g/mol. The molecule has 2 nitrogen and oxygen atoms in total. The topological polar surface area (TPSA) is 25.8 Å². The van der Waals surface area contributed by atoms with Gasteiger partial charge in [-0.15, -0.1) is 58.8 Å². The molecule has 1 radical (unpaired) electrons. The number of fused-ring (bicyclic) bond motifs is 3. The van der Waals surface area contributed by atoms with E-state index in [4.69, 9.17) is 0 Å². The Balaban J connectivity index is 0.000000198. The minimum absolute atomic E-state index is 0. The Kier molecular flexibility index (Phi) is 8.27. The van der Waals surface area contributed by atoms with Gasteiger partial charge in [-0.3, -0.25) is 0 Å². The van der Waals surface area contributed by atoms with E-state index in [2.05, 4.69) is 78.1 Å². The molecule has 0 saturated heterocycles. The quantitative estimate of drug-likeness (QED) is 0.140. The van der Waals surface area contributed by atoms with Crippen molar-refractivity contribution in [1.29, 1.82) is 0 Å². The summed E-state index contributed by atoms with van der Waals surface area (Å²) in [5, 5.41) is 4.28. The number of thiophene rings is 1. The normalized spacial score (nSPS) is 11.0. The van der Waals surface area contributed by atoms with E-state index in [9.17, 15) is 0 Å². The molecule has 0 aliphatic carbocycles. The largest absolute Gasteiger partial charge is 0.305 e. The van der Waals surface area contributed by atoms with E-state index in [1.54, 1.807) is 6.20 Å². The first-order valence-electron chi connectivity index (χ1n) is 11.7. The van der Waals surface area contributed by atoms with Gasteiger partial charge in [0.1, 0.15) is 0 Å². The minimum Gasteiger partial charge on any atom is -0.305 e. The first-order valence-corrected chi connectivity index (χ1v) is 16.0. The second kappa shape index (κ2) is 11.4. The molecule has 3 heterocycles. The Hall–Kier alpha value is -2.95. The fourth-order valence-electron chi connectivity index (χ4n) is 4.14. The van der Waals surface area contributed by atoms with Crippen LogP contribution in [0.5, 0.6) is 0 Å². The Morgan fingerprint density at radius 3 is 2.03 bits per heavy atom. The van der Waals surface area contributed by atoms with Gasteiger partial charge in [-0.05, 0) is 39.7 Å². The van der Waals surface area contributed by atoms with Crippen LogP contribution in [0.1, 0.15) is 0 Å². The minimum atomic E-state index is -1.45. The smallest absolute Gasteiger partial charge is 0.0300 e. The zero-order chi connectivity index (χ0) is 24.3. The van der Waals surface area contributed by atoms with Gasteiger partial charge in [0.15, 0.2) is 0 Å². The van der Waals surface area contributed by atoms with Gasteiger partial charge in [0.25, 0.3) is 0 Å². The molecule has 0 fully saturated rings. The van der Waals surface area contributed by atoms with Crippen LogP contribution in [0.2, 0.25) is 19.6 Å². The molecule has 6 aromatic rings. The molecule has 6 rings (SSSR count).